The van der Waals surface area contributed by atoms with Gasteiger partial charge in [-0.2, -0.15) is 0 Å². The van der Waals surface area contributed by atoms with E-state index in [0.29, 0.717) is 11.2 Å². The summed E-state index contributed by atoms with van der Waals surface area (Å²) in [7, 11) is 0. The van der Waals surface area contributed by atoms with Crippen molar-refractivity contribution in [3.63, 3.8) is 0 Å². The van der Waals surface area contributed by atoms with Gasteiger partial charge in [-0.1, -0.05) is 6.07 Å². The van der Waals surface area contributed by atoms with Gasteiger partial charge in [0.05, 0.1) is 11.0 Å². The Balaban J connectivity index is 2.24. The predicted molar refractivity (Wildman–Crippen MR) is 78.7 cm³/mol. The predicted octanol–water partition coefficient (Wildman–Crippen LogP) is 3.54. The van der Waals surface area contributed by atoms with Gasteiger partial charge in [0.2, 0.25) is 0 Å². The number of nitrogens with two attached hydrogens (primary N) is 1. The third-order valence-corrected chi connectivity index (χ3v) is 3.58. The number of nitrogens with zero attached hydrogens (tertiary/aromatic N) is 2. The highest BCUT2D eigenvalue weighted by molar-refractivity contribution is 9.10. The third-order valence-electron chi connectivity index (χ3n) is 3.16. The fraction of sp³-hybridized carbons (Fsp3) is 0.214. The molecule has 2 aromatic heterocycles. The van der Waals surface area contributed by atoms with Gasteiger partial charge in [-0.3, -0.25) is 0 Å². The van der Waals surface area contributed by atoms with Gasteiger partial charge in [0.15, 0.2) is 16.3 Å². The van der Waals surface area contributed by atoms with E-state index in [1.54, 1.807) is 0 Å². The van der Waals surface area contributed by atoms with E-state index < -0.39 is 0 Å². The SMILES string of the molecule is CCn1c(-c2ccc(Br)o2)nc2cc(CN)ccc21. The number of hydrogen-bond acceptors (Lipinski definition) is 3. The summed E-state index contributed by atoms with van der Waals surface area (Å²) < 4.78 is 8.45. The van der Waals surface area contributed by atoms with Crippen molar-refractivity contribution in [2.75, 3.05) is 0 Å². The Morgan fingerprint density at radius 1 is 1.32 bits per heavy atom. The maximum Gasteiger partial charge on any atom is 0.177 e. The van der Waals surface area contributed by atoms with E-state index >= 15 is 0 Å². The van der Waals surface area contributed by atoms with Gasteiger partial charge in [-0.25, -0.2) is 4.98 Å². The number of fused-ring (bicyclic) bond motifs is 1. The average molecular weight is 320 g/mol. The lowest BCUT2D eigenvalue weighted by Gasteiger charge is -2.03. The van der Waals surface area contributed by atoms with Crippen LogP contribution in [0.15, 0.2) is 39.4 Å². The van der Waals surface area contributed by atoms with E-state index in [-0.39, 0.29) is 0 Å². The Labute approximate surface area is 119 Å². The molecule has 0 saturated heterocycles. The summed E-state index contributed by atoms with van der Waals surface area (Å²) in [6, 6.07) is 9.93. The molecule has 5 heteroatoms. The first-order chi connectivity index (χ1) is 9.22. The monoisotopic (exact) mass is 319 g/mol. The molecule has 0 fully saturated rings. The van der Waals surface area contributed by atoms with Gasteiger partial charge in [0, 0.05) is 13.1 Å². The number of benzene rings is 1. The lowest BCUT2D eigenvalue weighted by molar-refractivity contribution is 0.547. The lowest BCUT2D eigenvalue weighted by Crippen LogP contribution is -1.97. The molecule has 0 aliphatic carbocycles. The number of hydrogen-bond donors (Lipinski definition) is 1. The van der Waals surface area contributed by atoms with Gasteiger partial charge in [0.1, 0.15) is 0 Å². The van der Waals surface area contributed by atoms with Crippen LogP contribution in [-0.4, -0.2) is 9.55 Å². The van der Waals surface area contributed by atoms with E-state index in [1.807, 2.05) is 24.3 Å². The summed E-state index contributed by atoms with van der Waals surface area (Å²) in [5, 5.41) is 0. The number of halogens is 1. The summed E-state index contributed by atoms with van der Waals surface area (Å²) in [5.41, 5.74) is 8.81. The maximum absolute atomic E-state index is 5.67. The summed E-state index contributed by atoms with van der Waals surface area (Å²) in [4.78, 5) is 4.67. The minimum atomic E-state index is 0.524. The van der Waals surface area contributed by atoms with Crippen LogP contribution < -0.4 is 5.73 Å². The van der Waals surface area contributed by atoms with Crippen LogP contribution in [0.4, 0.5) is 0 Å². The topological polar surface area (TPSA) is 57.0 Å². The van der Waals surface area contributed by atoms with Crippen molar-refractivity contribution in [1.29, 1.82) is 0 Å². The molecule has 2 N–H and O–H groups in total. The second-order valence-electron chi connectivity index (χ2n) is 4.31. The molecule has 0 saturated carbocycles. The zero-order chi connectivity index (χ0) is 13.4. The Hall–Kier alpha value is -1.59. The largest absolute Gasteiger partial charge is 0.446 e. The minimum Gasteiger partial charge on any atom is -0.446 e. The molecule has 0 atom stereocenters. The first-order valence-electron chi connectivity index (χ1n) is 6.18. The molecule has 4 nitrogen and oxygen atoms in total. The Morgan fingerprint density at radius 3 is 2.79 bits per heavy atom. The van der Waals surface area contributed by atoms with Gasteiger partial charge in [0.25, 0.3) is 0 Å². The van der Waals surface area contributed by atoms with E-state index in [4.69, 9.17) is 10.2 Å². The average Bonchev–Trinajstić information content (AvgIpc) is 3.00. The molecule has 0 unspecified atom stereocenters. The molecule has 0 aliphatic rings. The number of imidazole rings is 1. The number of rotatable bonds is 3. The molecular weight excluding hydrogens is 306 g/mol. The molecule has 0 amide bonds. The zero-order valence-electron chi connectivity index (χ0n) is 10.6. The fourth-order valence-electron chi connectivity index (χ4n) is 2.25. The van der Waals surface area contributed by atoms with Gasteiger partial charge >= 0.3 is 0 Å². The summed E-state index contributed by atoms with van der Waals surface area (Å²) in [6.07, 6.45) is 0. The van der Waals surface area contributed by atoms with Crippen LogP contribution >= 0.6 is 15.9 Å². The molecule has 1 aromatic carbocycles. The van der Waals surface area contributed by atoms with Crippen molar-refractivity contribution in [3.8, 4) is 11.6 Å². The highest BCUT2D eigenvalue weighted by Gasteiger charge is 2.14. The summed E-state index contributed by atoms with van der Waals surface area (Å²) >= 11 is 3.32. The Bertz CT molecular complexity index is 729. The molecule has 2 heterocycles. The van der Waals surface area contributed by atoms with Crippen molar-refractivity contribution in [3.05, 3.63) is 40.6 Å². The maximum atomic E-state index is 5.67. The molecule has 3 rings (SSSR count). The van der Waals surface area contributed by atoms with Crippen LogP contribution in [0.2, 0.25) is 0 Å². The number of furan rings is 1. The quantitative estimate of drug-likeness (QED) is 0.803. The number of aryl methyl sites for hydroxylation is 1. The number of aromatic nitrogens is 2. The lowest BCUT2D eigenvalue weighted by atomic mass is 10.2. The van der Waals surface area contributed by atoms with Gasteiger partial charge in [-0.15, -0.1) is 0 Å². The molecule has 0 spiro atoms. The van der Waals surface area contributed by atoms with Crippen molar-refractivity contribution < 1.29 is 4.42 Å². The molecule has 3 aromatic rings. The summed E-state index contributed by atoms with van der Waals surface area (Å²) in [5.74, 6) is 1.61. The summed E-state index contributed by atoms with van der Waals surface area (Å²) in [6.45, 7) is 3.46. The van der Waals surface area contributed by atoms with E-state index in [1.165, 1.54) is 0 Å². The van der Waals surface area contributed by atoms with Gasteiger partial charge < -0.3 is 14.7 Å². The van der Waals surface area contributed by atoms with Crippen molar-refractivity contribution in [2.45, 2.75) is 20.0 Å². The molecule has 0 radical (unpaired) electrons. The van der Waals surface area contributed by atoms with Crippen molar-refractivity contribution in [2.24, 2.45) is 5.73 Å². The molecule has 0 aliphatic heterocycles. The Morgan fingerprint density at radius 2 is 2.16 bits per heavy atom. The highest BCUT2D eigenvalue weighted by atomic mass is 79.9. The second-order valence-corrected chi connectivity index (χ2v) is 5.09. The molecule has 0 bridgehead atoms. The van der Waals surface area contributed by atoms with E-state index in [9.17, 15) is 0 Å². The Kier molecular flexibility index (Phi) is 3.16. The van der Waals surface area contributed by atoms with Crippen LogP contribution in [0.1, 0.15) is 12.5 Å². The third kappa shape index (κ3) is 2.09. The normalized spacial score (nSPS) is 11.3. The fourth-order valence-corrected chi connectivity index (χ4v) is 2.55. The van der Waals surface area contributed by atoms with E-state index in [2.05, 4.69) is 38.5 Å². The molecule has 19 heavy (non-hydrogen) atoms. The van der Waals surface area contributed by atoms with Gasteiger partial charge in [-0.05, 0) is 52.7 Å². The first kappa shape index (κ1) is 12.4. The first-order valence-corrected chi connectivity index (χ1v) is 6.97. The van der Waals surface area contributed by atoms with Crippen molar-refractivity contribution >= 4 is 27.0 Å². The van der Waals surface area contributed by atoms with Crippen LogP contribution in [0.3, 0.4) is 0 Å². The van der Waals surface area contributed by atoms with Crippen LogP contribution in [-0.2, 0) is 13.1 Å². The molecule has 98 valence electrons. The smallest absolute Gasteiger partial charge is 0.177 e. The standard InChI is InChI=1S/C14H14BrN3O/c1-2-18-11-4-3-9(8-16)7-10(11)17-14(18)12-5-6-13(15)19-12/h3-7H,2,8,16H2,1H3. The minimum absolute atomic E-state index is 0.524. The van der Waals surface area contributed by atoms with Crippen LogP contribution in [0.25, 0.3) is 22.6 Å². The second kappa shape index (κ2) is 4.83. The van der Waals surface area contributed by atoms with Crippen LogP contribution in [0, 0.1) is 0 Å². The highest BCUT2D eigenvalue weighted by Crippen LogP contribution is 2.28. The van der Waals surface area contributed by atoms with Crippen LogP contribution in [0.5, 0.6) is 0 Å². The van der Waals surface area contributed by atoms with E-state index in [0.717, 1.165) is 34.7 Å². The zero-order valence-corrected chi connectivity index (χ0v) is 12.1. The molecular formula is C14H14BrN3O. The van der Waals surface area contributed by atoms with Crippen molar-refractivity contribution in [1.82, 2.24) is 9.55 Å².